The first-order chi connectivity index (χ1) is 9.03. The first-order valence-electron chi connectivity index (χ1n) is 5.77. The summed E-state index contributed by atoms with van der Waals surface area (Å²) < 4.78 is 4.52. The Morgan fingerprint density at radius 3 is 2.74 bits per heavy atom. The Kier molecular flexibility index (Phi) is 5.25. The molecule has 0 spiro atoms. The number of rotatable bonds is 6. The van der Waals surface area contributed by atoms with Crippen molar-refractivity contribution in [3.63, 3.8) is 0 Å². The fraction of sp³-hybridized carbons (Fsp3) is 0.417. The quantitative estimate of drug-likeness (QED) is 0.461. The Labute approximate surface area is 110 Å². The molecule has 0 radical (unpaired) electrons. The Bertz CT molecular complexity index is 471. The summed E-state index contributed by atoms with van der Waals surface area (Å²) in [6.07, 6.45) is 0.682. The number of nitrogens with zero attached hydrogens (tertiary/aromatic N) is 1. The molecule has 0 aromatic heterocycles. The Morgan fingerprint density at radius 2 is 2.26 bits per heavy atom. The average Bonchev–Trinajstić information content (AvgIpc) is 2.43. The monoisotopic (exact) mass is 268 g/mol. The normalized spacial score (nSPS) is 11.7. The highest BCUT2D eigenvalue weighted by molar-refractivity contribution is 5.95. The summed E-state index contributed by atoms with van der Waals surface area (Å²) in [4.78, 5) is 21.7. The zero-order valence-electron chi connectivity index (χ0n) is 10.8. The molecule has 0 aliphatic carbocycles. The number of anilines is 1. The van der Waals surface area contributed by atoms with Crippen molar-refractivity contribution in [3.8, 4) is 0 Å². The minimum Gasteiger partial charge on any atom is -0.465 e. The van der Waals surface area contributed by atoms with Crippen LogP contribution in [0.2, 0.25) is 0 Å². The molecule has 1 rings (SSSR count). The fourth-order valence-electron chi connectivity index (χ4n) is 1.57. The second-order valence-electron chi connectivity index (χ2n) is 3.91. The van der Waals surface area contributed by atoms with Crippen LogP contribution in [0, 0.1) is 10.1 Å². The van der Waals surface area contributed by atoms with Gasteiger partial charge in [0.05, 0.1) is 18.6 Å². The number of aliphatic hydroxyl groups excluding tert-OH is 1. The lowest BCUT2D eigenvalue weighted by molar-refractivity contribution is -0.385. The zero-order chi connectivity index (χ0) is 14.4. The predicted molar refractivity (Wildman–Crippen MR) is 69.2 cm³/mol. The van der Waals surface area contributed by atoms with Gasteiger partial charge in [0, 0.05) is 17.8 Å². The smallest absolute Gasteiger partial charge is 0.344 e. The number of ether oxygens (including phenoxy) is 1. The van der Waals surface area contributed by atoms with Gasteiger partial charge >= 0.3 is 5.97 Å². The predicted octanol–water partition coefficient (Wildman–Crippen LogP) is 1.56. The summed E-state index contributed by atoms with van der Waals surface area (Å²) in [5.74, 6) is -0.771. The summed E-state index contributed by atoms with van der Waals surface area (Å²) in [7, 11) is 1.16. The Morgan fingerprint density at radius 1 is 1.58 bits per heavy atom. The lowest BCUT2D eigenvalue weighted by Gasteiger charge is -2.15. The lowest BCUT2D eigenvalue weighted by atomic mass is 10.1. The fourth-order valence-corrected chi connectivity index (χ4v) is 1.57. The summed E-state index contributed by atoms with van der Waals surface area (Å²) >= 11 is 0. The van der Waals surface area contributed by atoms with Gasteiger partial charge in [-0.05, 0) is 18.6 Å². The summed E-state index contributed by atoms with van der Waals surface area (Å²) in [5, 5.41) is 22.9. The van der Waals surface area contributed by atoms with E-state index in [0.29, 0.717) is 12.1 Å². The number of nitrogens with one attached hydrogen (secondary N) is 1. The second kappa shape index (κ2) is 6.69. The van der Waals surface area contributed by atoms with Crippen molar-refractivity contribution >= 4 is 17.3 Å². The maximum absolute atomic E-state index is 11.5. The number of nitro benzene ring substituents is 1. The minimum atomic E-state index is -0.771. The van der Waals surface area contributed by atoms with Crippen molar-refractivity contribution < 1.29 is 19.6 Å². The van der Waals surface area contributed by atoms with Gasteiger partial charge in [-0.1, -0.05) is 6.92 Å². The first kappa shape index (κ1) is 14.9. The van der Waals surface area contributed by atoms with Crippen LogP contribution in [0.4, 0.5) is 11.4 Å². The number of hydrogen-bond acceptors (Lipinski definition) is 6. The largest absolute Gasteiger partial charge is 0.465 e. The zero-order valence-corrected chi connectivity index (χ0v) is 10.8. The van der Waals surface area contributed by atoms with E-state index in [9.17, 15) is 14.9 Å². The maximum Gasteiger partial charge on any atom is 0.344 e. The molecular formula is C12H16N2O5. The highest BCUT2D eigenvalue weighted by Crippen LogP contribution is 2.24. The van der Waals surface area contributed by atoms with Crippen LogP contribution in [0.15, 0.2) is 18.2 Å². The third-order valence-electron chi connectivity index (χ3n) is 2.68. The van der Waals surface area contributed by atoms with E-state index in [-0.39, 0.29) is 23.9 Å². The van der Waals surface area contributed by atoms with E-state index in [0.717, 1.165) is 7.11 Å². The van der Waals surface area contributed by atoms with E-state index in [1.165, 1.54) is 18.2 Å². The molecule has 0 aliphatic heterocycles. The average molecular weight is 268 g/mol. The number of nitro groups is 1. The Hall–Kier alpha value is -2.15. The highest BCUT2D eigenvalue weighted by atomic mass is 16.6. The van der Waals surface area contributed by atoms with Crippen LogP contribution in [-0.4, -0.2) is 35.8 Å². The van der Waals surface area contributed by atoms with E-state index in [2.05, 4.69) is 10.1 Å². The van der Waals surface area contributed by atoms with Crippen molar-refractivity contribution in [1.29, 1.82) is 0 Å². The molecule has 0 fully saturated rings. The van der Waals surface area contributed by atoms with Gasteiger partial charge in [-0.3, -0.25) is 10.1 Å². The van der Waals surface area contributed by atoms with Gasteiger partial charge in [0.15, 0.2) is 0 Å². The standard InChI is InChI=1S/C12H16N2O5/c1-3-8(7-15)13-9-4-5-11(14(17)18)10(6-9)12(16)19-2/h4-6,8,13,15H,3,7H2,1-2H3. The second-order valence-corrected chi connectivity index (χ2v) is 3.91. The molecular weight excluding hydrogens is 252 g/mol. The van der Waals surface area contributed by atoms with Crippen molar-refractivity contribution in [2.24, 2.45) is 0 Å². The number of aliphatic hydroxyl groups is 1. The molecule has 1 atom stereocenters. The number of carbonyl (C=O) groups excluding carboxylic acids is 1. The first-order valence-corrected chi connectivity index (χ1v) is 5.77. The molecule has 19 heavy (non-hydrogen) atoms. The molecule has 0 bridgehead atoms. The molecule has 2 N–H and O–H groups in total. The number of hydrogen-bond donors (Lipinski definition) is 2. The highest BCUT2D eigenvalue weighted by Gasteiger charge is 2.21. The van der Waals surface area contributed by atoms with E-state index in [4.69, 9.17) is 5.11 Å². The molecule has 104 valence electrons. The van der Waals surface area contributed by atoms with Crippen molar-refractivity contribution in [2.75, 3.05) is 19.0 Å². The number of benzene rings is 1. The molecule has 7 nitrogen and oxygen atoms in total. The van der Waals surface area contributed by atoms with Crippen LogP contribution in [0.1, 0.15) is 23.7 Å². The molecule has 1 unspecified atom stereocenters. The van der Waals surface area contributed by atoms with Crippen LogP contribution in [0.5, 0.6) is 0 Å². The van der Waals surface area contributed by atoms with Gasteiger partial charge in [-0.2, -0.15) is 0 Å². The maximum atomic E-state index is 11.5. The SMILES string of the molecule is CCC(CO)Nc1ccc([N+](=O)[O-])c(C(=O)OC)c1. The van der Waals surface area contributed by atoms with E-state index in [1.54, 1.807) is 0 Å². The molecule has 7 heteroatoms. The van der Waals surface area contributed by atoms with Gasteiger partial charge in [0.2, 0.25) is 0 Å². The van der Waals surface area contributed by atoms with Crippen LogP contribution in [-0.2, 0) is 4.74 Å². The van der Waals surface area contributed by atoms with Gasteiger partial charge in [0.25, 0.3) is 5.69 Å². The molecule has 0 aliphatic rings. The lowest BCUT2D eigenvalue weighted by Crippen LogP contribution is -2.22. The molecule has 1 aromatic carbocycles. The van der Waals surface area contributed by atoms with Crippen molar-refractivity contribution in [1.82, 2.24) is 0 Å². The van der Waals surface area contributed by atoms with Gasteiger partial charge < -0.3 is 15.2 Å². The van der Waals surface area contributed by atoms with Crippen LogP contribution >= 0.6 is 0 Å². The molecule has 0 heterocycles. The number of esters is 1. The number of carbonyl (C=O) groups is 1. The van der Waals surface area contributed by atoms with Crippen LogP contribution in [0.25, 0.3) is 0 Å². The van der Waals surface area contributed by atoms with Crippen molar-refractivity contribution in [3.05, 3.63) is 33.9 Å². The Balaban J connectivity index is 3.11. The topological polar surface area (TPSA) is 102 Å². The van der Waals surface area contributed by atoms with E-state index in [1.807, 2.05) is 6.92 Å². The third kappa shape index (κ3) is 3.65. The summed E-state index contributed by atoms with van der Waals surface area (Å²) in [6, 6.07) is 3.90. The molecule has 0 saturated heterocycles. The summed E-state index contributed by atoms with van der Waals surface area (Å²) in [6.45, 7) is 1.82. The summed E-state index contributed by atoms with van der Waals surface area (Å²) in [5.41, 5.74) is 0.0895. The molecule has 1 aromatic rings. The van der Waals surface area contributed by atoms with Crippen LogP contribution in [0.3, 0.4) is 0 Å². The minimum absolute atomic E-state index is 0.0684. The number of methoxy groups -OCH3 is 1. The molecule has 0 amide bonds. The van der Waals surface area contributed by atoms with E-state index < -0.39 is 10.9 Å². The van der Waals surface area contributed by atoms with Gasteiger partial charge in [0.1, 0.15) is 5.56 Å². The third-order valence-corrected chi connectivity index (χ3v) is 2.68. The van der Waals surface area contributed by atoms with Gasteiger partial charge in [-0.15, -0.1) is 0 Å². The van der Waals surface area contributed by atoms with Gasteiger partial charge in [-0.25, -0.2) is 4.79 Å². The van der Waals surface area contributed by atoms with E-state index >= 15 is 0 Å². The van der Waals surface area contributed by atoms with Crippen LogP contribution < -0.4 is 5.32 Å². The molecule has 0 saturated carbocycles. The van der Waals surface area contributed by atoms with Crippen molar-refractivity contribution in [2.45, 2.75) is 19.4 Å².